The first-order valence-corrected chi connectivity index (χ1v) is 4.77. The molecule has 0 heterocycles. The zero-order valence-corrected chi connectivity index (χ0v) is 8.99. The van der Waals surface area contributed by atoms with Crippen LogP contribution in [0.5, 0.6) is 0 Å². The van der Waals surface area contributed by atoms with Crippen LogP contribution in [0.3, 0.4) is 0 Å². The van der Waals surface area contributed by atoms with Gasteiger partial charge < -0.3 is 19.7 Å². The van der Waals surface area contributed by atoms with Crippen LogP contribution in [0.2, 0.25) is 0 Å². The molecule has 84 valence electrons. The number of hydrogen-bond acceptors (Lipinski definition) is 4. The van der Waals surface area contributed by atoms with Gasteiger partial charge in [0.05, 0.1) is 26.4 Å². The fraction of sp³-hybridized carbons (Fsp3) is 0.889. The number of nitrogens with one attached hydrogen (secondary N) is 1. The zero-order chi connectivity index (χ0) is 10.6. The molecule has 0 aliphatic carbocycles. The van der Waals surface area contributed by atoms with Crippen molar-refractivity contribution >= 4 is 6.41 Å². The molecule has 0 aliphatic rings. The van der Waals surface area contributed by atoms with Crippen LogP contribution < -0.4 is 5.32 Å². The Bertz CT molecular complexity index is 133. The van der Waals surface area contributed by atoms with Crippen LogP contribution in [0, 0.1) is 0 Å². The Balaban J connectivity index is 2.95. The lowest BCUT2D eigenvalue weighted by atomic mass is 10.6. The Morgan fingerprint density at radius 3 is 2.43 bits per heavy atom. The monoisotopic (exact) mass is 204 g/mol. The fourth-order valence-electron chi connectivity index (χ4n) is 0.757. The standard InChI is InChI=1S/C9H20N2O3/c1-10-3-5-13-7-8-14-6-4-11(2)9-12/h9-10H,3-8H2,1-2H3. The average Bonchev–Trinajstić information content (AvgIpc) is 2.21. The minimum Gasteiger partial charge on any atom is -0.378 e. The van der Waals surface area contributed by atoms with E-state index in [2.05, 4.69) is 5.32 Å². The number of amides is 1. The van der Waals surface area contributed by atoms with E-state index in [4.69, 9.17) is 9.47 Å². The second-order valence-electron chi connectivity index (χ2n) is 2.91. The van der Waals surface area contributed by atoms with Crippen molar-refractivity contribution < 1.29 is 14.3 Å². The van der Waals surface area contributed by atoms with E-state index in [9.17, 15) is 4.79 Å². The van der Waals surface area contributed by atoms with Crippen LogP contribution in [-0.2, 0) is 14.3 Å². The Morgan fingerprint density at radius 2 is 1.86 bits per heavy atom. The lowest BCUT2D eigenvalue weighted by molar-refractivity contribution is -0.117. The summed E-state index contributed by atoms with van der Waals surface area (Å²) in [6, 6.07) is 0. The third-order valence-corrected chi connectivity index (χ3v) is 1.64. The van der Waals surface area contributed by atoms with Crippen molar-refractivity contribution in [2.75, 3.05) is 53.6 Å². The summed E-state index contributed by atoms with van der Waals surface area (Å²) in [5.41, 5.74) is 0. The quantitative estimate of drug-likeness (QED) is 0.379. The maximum Gasteiger partial charge on any atom is 0.209 e. The molecule has 14 heavy (non-hydrogen) atoms. The molecule has 0 saturated heterocycles. The second kappa shape index (κ2) is 10.4. The minimum atomic E-state index is 0.560. The predicted octanol–water partition coefficient (Wildman–Crippen LogP) is -0.673. The first kappa shape index (κ1) is 13.4. The maximum absolute atomic E-state index is 10.2. The smallest absolute Gasteiger partial charge is 0.209 e. The highest BCUT2D eigenvalue weighted by Gasteiger charge is 1.93. The van der Waals surface area contributed by atoms with Gasteiger partial charge in [0.1, 0.15) is 0 Å². The molecule has 0 aromatic carbocycles. The Hall–Kier alpha value is -0.650. The third kappa shape index (κ3) is 9.44. The number of likely N-dealkylation sites (N-methyl/N-ethyl adjacent to an activating group) is 2. The van der Waals surface area contributed by atoms with E-state index >= 15 is 0 Å². The number of carbonyl (C=O) groups is 1. The molecule has 0 aromatic heterocycles. The van der Waals surface area contributed by atoms with Gasteiger partial charge in [-0.1, -0.05) is 0 Å². The summed E-state index contributed by atoms with van der Waals surface area (Å²) >= 11 is 0. The van der Waals surface area contributed by atoms with Gasteiger partial charge in [-0.3, -0.25) is 4.79 Å². The van der Waals surface area contributed by atoms with Gasteiger partial charge in [-0.15, -0.1) is 0 Å². The highest BCUT2D eigenvalue weighted by molar-refractivity contribution is 5.46. The molecule has 0 rings (SSSR count). The van der Waals surface area contributed by atoms with E-state index in [1.807, 2.05) is 7.05 Å². The van der Waals surface area contributed by atoms with E-state index < -0.39 is 0 Å². The molecule has 0 fully saturated rings. The van der Waals surface area contributed by atoms with Gasteiger partial charge >= 0.3 is 0 Å². The molecule has 0 saturated carbocycles. The summed E-state index contributed by atoms with van der Waals surface area (Å²) in [4.78, 5) is 11.7. The first-order chi connectivity index (χ1) is 6.81. The van der Waals surface area contributed by atoms with Crippen molar-refractivity contribution in [1.82, 2.24) is 10.2 Å². The van der Waals surface area contributed by atoms with Gasteiger partial charge in [0, 0.05) is 20.1 Å². The van der Waals surface area contributed by atoms with E-state index in [1.165, 1.54) is 0 Å². The van der Waals surface area contributed by atoms with Gasteiger partial charge in [-0.05, 0) is 7.05 Å². The third-order valence-electron chi connectivity index (χ3n) is 1.64. The van der Waals surface area contributed by atoms with Gasteiger partial charge in [0.15, 0.2) is 0 Å². The first-order valence-electron chi connectivity index (χ1n) is 4.77. The molecule has 1 amide bonds. The van der Waals surface area contributed by atoms with Crippen molar-refractivity contribution in [1.29, 1.82) is 0 Å². The highest BCUT2D eigenvalue weighted by Crippen LogP contribution is 1.80. The number of carbonyl (C=O) groups excluding carboxylic acids is 1. The van der Waals surface area contributed by atoms with Crippen LogP contribution in [0.15, 0.2) is 0 Å². The summed E-state index contributed by atoms with van der Waals surface area (Å²) < 4.78 is 10.5. The molecular weight excluding hydrogens is 184 g/mol. The second-order valence-corrected chi connectivity index (χ2v) is 2.91. The lowest BCUT2D eigenvalue weighted by Crippen LogP contribution is -2.22. The Kier molecular flexibility index (Phi) is 9.95. The van der Waals surface area contributed by atoms with Crippen LogP contribution in [-0.4, -0.2) is 64.9 Å². The van der Waals surface area contributed by atoms with Crippen molar-refractivity contribution in [3.05, 3.63) is 0 Å². The largest absolute Gasteiger partial charge is 0.378 e. The maximum atomic E-state index is 10.2. The number of ether oxygens (including phenoxy) is 2. The Morgan fingerprint density at radius 1 is 1.21 bits per heavy atom. The van der Waals surface area contributed by atoms with Gasteiger partial charge in [-0.25, -0.2) is 0 Å². The summed E-state index contributed by atoms with van der Waals surface area (Å²) in [6.07, 6.45) is 0.785. The van der Waals surface area contributed by atoms with Crippen molar-refractivity contribution in [2.24, 2.45) is 0 Å². The average molecular weight is 204 g/mol. The SMILES string of the molecule is CNCCOCCOCCN(C)C=O. The summed E-state index contributed by atoms with van der Waals surface area (Å²) in [7, 11) is 3.61. The molecular formula is C9H20N2O3. The molecule has 5 nitrogen and oxygen atoms in total. The van der Waals surface area contributed by atoms with Crippen molar-refractivity contribution in [3.8, 4) is 0 Å². The van der Waals surface area contributed by atoms with Gasteiger partial charge in [-0.2, -0.15) is 0 Å². The summed E-state index contributed by atoms with van der Waals surface area (Å²) in [5.74, 6) is 0. The molecule has 1 N–H and O–H groups in total. The summed E-state index contributed by atoms with van der Waals surface area (Å²) in [6.45, 7) is 3.93. The molecule has 0 aromatic rings. The van der Waals surface area contributed by atoms with Crippen molar-refractivity contribution in [2.45, 2.75) is 0 Å². The lowest BCUT2D eigenvalue weighted by Gasteiger charge is -2.10. The summed E-state index contributed by atoms with van der Waals surface area (Å²) in [5, 5.41) is 2.98. The van der Waals surface area contributed by atoms with Crippen LogP contribution in [0.4, 0.5) is 0 Å². The molecule has 0 atom stereocenters. The Labute approximate surface area is 85.4 Å². The zero-order valence-electron chi connectivity index (χ0n) is 8.99. The van der Waals surface area contributed by atoms with Crippen LogP contribution >= 0.6 is 0 Å². The molecule has 5 heteroatoms. The van der Waals surface area contributed by atoms with Gasteiger partial charge in [0.25, 0.3) is 0 Å². The molecule has 0 radical (unpaired) electrons. The number of hydrogen-bond donors (Lipinski definition) is 1. The molecule has 0 aliphatic heterocycles. The minimum absolute atomic E-state index is 0.560. The van der Waals surface area contributed by atoms with Crippen LogP contribution in [0.25, 0.3) is 0 Å². The molecule has 0 unspecified atom stereocenters. The van der Waals surface area contributed by atoms with E-state index in [0.29, 0.717) is 33.0 Å². The normalized spacial score (nSPS) is 10.1. The highest BCUT2D eigenvalue weighted by atomic mass is 16.5. The predicted molar refractivity (Wildman–Crippen MR) is 54.3 cm³/mol. The van der Waals surface area contributed by atoms with Crippen LogP contribution in [0.1, 0.15) is 0 Å². The van der Waals surface area contributed by atoms with Crippen molar-refractivity contribution in [3.63, 3.8) is 0 Å². The van der Waals surface area contributed by atoms with Gasteiger partial charge in [0.2, 0.25) is 6.41 Å². The van der Waals surface area contributed by atoms with E-state index in [0.717, 1.165) is 13.0 Å². The number of rotatable bonds is 10. The topological polar surface area (TPSA) is 50.8 Å². The molecule has 0 bridgehead atoms. The fourth-order valence-corrected chi connectivity index (χ4v) is 0.757. The van der Waals surface area contributed by atoms with E-state index in [-0.39, 0.29) is 0 Å². The van der Waals surface area contributed by atoms with E-state index in [1.54, 1.807) is 11.9 Å². The molecule has 0 spiro atoms. The number of nitrogens with zero attached hydrogens (tertiary/aromatic N) is 1.